The second kappa shape index (κ2) is 4.73. The number of nitrogens with zero attached hydrogens (tertiary/aromatic N) is 1. The SMILES string of the molecule is CC(C)C(=O)N(CCC(N)=S)C1CC1. The van der Waals surface area contributed by atoms with E-state index in [4.69, 9.17) is 18.0 Å². The molecule has 0 radical (unpaired) electrons. The van der Waals surface area contributed by atoms with E-state index in [9.17, 15) is 4.79 Å². The molecule has 0 aromatic heterocycles. The van der Waals surface area contributed by atoms with E-state index < -0.39 is 0 Å². The van der Waals surface area contributed by atoms with Crippen molar-refractivity contribution in [2.75, 3.05) is 6.54 Å². The molecule has 0 aliphatic heterocycles. The summed E-state index contributed by atoms with van der Waals surface area (Å²) >= 11 is 4.81. The Morgan fingerprint density at radius 2 is 2.14 bits per heavy atom. The summed E-state index contributed by atoms with van der Waals surface area (Å²) in [5.41, 5.74) is 5.43. The highest BCUT2D eigenvalue weighted by molar-refractivity contribution is 7.80. The lowest BCUT2D eigenvalue weighted by atomic mass is 10.2. The van der Waals surface area contributed by atoms with Crippen molar-refractivity contribution in [2.24, 2.45) is 11.7 Å². The quantitative estimate of drug-likeness (QED) is 0.702. The van der Waals surface area contributed by atoms with E-state index in [1.807, 2.05) is 18.7 Å². The fraction of sp³-hybridized carbons (Fsp3) is 0.800. The zero-order valence-electron chi connectivity index (χ0n) is 8.82. The summed E-state index contributed by atoms with van der Waals surface area (Å²) in [5, 5.41) is 0. The third-order valence-electron chi connectivity index (χ3n) is 2.36. The number of nitrogens with two attached hydrogens (primary N) is 1. The van der Waals surface area contributed by atoms with Crippen LogP contribution in [0, 0.1) is 5.92 Å². The molecule has 0 bridgehead atoms. The number of carbonyl (C=O) groups excluding carboxylic acids is 1. The summed E-state index contributed by atoms with van der Waals surface area (Å²) in [6.45, 7) is 4.55. The van der Waals surface area contributed by atoms with Gasteiger partial charge in [0, 0.05) is 24.9 Å². The maximum atomic E-state index is 11.8. The van der Waals surface area contributed by atoms with Gasteiger partial charge in [0.05, 0.1) is 4.99 Å². The van der Waals surface area contributed by atoms with Crippen molar-refractivity contribution in [3.05, 3.63) is 0 Å². The lowest BCUT2D eigenvalue weighted by molar-refractivity contribution is -0.134. The number of hydrogen-bond donors (Lipinski definition) is 1. The van der Waals surface area contributed by atoms with E-state index >= 15 is 0 Å². The van der Waals surface area contributed by atoms with Crippen LogP contribution in [0.1, 0.15) is 33.1 Å². The Balaban J connectivity index is 2.46. The summed E-state index contributed by atoms with van der Waals surface area (Å²) in [5.74, 6) is 0.297. The first-order chi connectivity index (χ1) is 6.52. The third-order valence-corrected chi connectivity index (χ3v) is 2.57. The molecule has 1 saturated carbocycles. The van der Waals surface area contributed by atoms with Crippen LogP contribution >= 0.6 is 12.2 Å². The van der Waals surface area contributed by atoms with Crippen molar-refractivity contribution in [2.45, 2.75) is 39.2 Å². The number of carbonyl (C=O) groups is 1. The van der Waals surface area contributed by atoms with Crippen LogP contribution < -0.4 is 5.73 Å². The number of rotatable bonds is 5. The van der Waals surface area contributed by atoms with Crippen LogP contribution in [0.2, 0.25) is 0 Å². The molecule has 1 amide bonds. The summed E-state index contributed by atoms with van der Waals surface area (Å²) in [6.07, 6.45) is 2.91. The van der Waals surface area contributed by atoms with Crippen molar-refractivity contribution < 1.29 is 4.79 Å². The van der Waals surface area contributed by atoms with Crippen molar-refractivity contribution >= 4 is 23.1 Å². The number of thiocarbonyl (C=S) groups is 1. The summed E-state index contributed by atoms with van der Waals surface area (Å²) in [7, 11) is 0. The van der Waals surface area contributed by atoms with Crippen molar-refractivity contribution in [1.29, 1.82) is 0 Å². The molecule has 1 aliphatic carbocycles. The fourth-order valence-electron chi connectivity index (χ4n) is 1.42. The van der Waals surface area contributed by atoms with Crippen LogP contribution in [0.3, 0.4) is 0 Å². The molecule has 14 heavy (non-hydrogen) atoms. The molecule has 0 aromatic rings. The van der Waals surface area contributed by atoms with Crippen LogP contribution in [-0.4, -0.2) is 28.4 Å². The lowest BCUT2D eigenvalue weighted by Crippen LogP contribution is -2.38. The van der Waals surface area contributed by atoms with E-state index in [1.54, 1.807) is 0 Å². The third kappa shape index (κ3) is 3.25. The van der Waals surface area contributed by atoms with E-state index in [0.29, 0.717) is 24.0 Å². The van der Waals surface area contributed by atoms with Crippen molar-refractivity contribution in [1.82, 2.24) is 4.90 Å². The predicted molar refractivity (Wildman–Crippen MR) is 61.0 cm³/mol. The molecular formula is C10H18N2OS. The van der Waals surface area contributed by atoms with Gasteiger partial charge in [0.25, 0.3) is 0 Å². The fourth-order valence-corrected chi connectivity index (χ4v) is 1.51. The smallest absolute Gasteiger partial charge is 0.225 e. The standard InChI is InChI=1S/C10H18N2OS/c1-7(2)10(13)12(8-3-4-8)6-5-9(11)14/h7-8H,3-6H2,1-2H3,(H2,11,14). The monoisotopic (exact) mass is 214 g/mol. The van der Waals surface area contributed by atoms with Gasteiger partial charge in [0.1, 0.15) is 0 Å². The van der Waals surface area contributed by atoms with Gasteiger partial charge in [-0.2, -0.15) is 0 Å². The van der Waals surface area contributed by atoms with E-state index in [-0.39, 0.29) is 11.8 Å². The second-order valence-electron chi connectivity index (χ2n) is 4.13. The van der Waals surface area contributed by atoms with Gasteiger partial charge in [-0.1, -0.05) is 26.1 Å². The minimum Gasteiger partial charge on any atom is -0.393 e. The van der Waals surface area contributed by atoms with E-state index in [2.05, 4.69) is 0 Å². The average Bonchev–Trinajstić information content (AvgIpc) is 2.87. The van der Waals surface area contributed by atoms with Crippen molar-refractivity contribution in [3.63, 3.8) is 0 Å². The minimum atomic E-state index is 0.0712. The first-order valence-corrected chi connectivity index (χ1v) is 5.52. The van der Waals surface area contributed by atoms with Gasteiger partial charge in [-0.05, 0) is 12.8 Å². The Bertz CT molecular complexity index is 236. The zero-order chi connectivity index (χ0) is 10.7. The first kappa shape index (κ1) is 11.4. The predicted octanol–water partition coefficient (Wildman–Crippen LogP) is 1.31. The average molecular weight is 214 g/mol. The van der Waals surface area contributed by atoms with Gasteiger partial charge < -0.3 is 10.6 Å². The van der Waals surface area contributed by atoms with Gasteiger partial charge >= 0.3 is 0 Å². The molecule has 1 fully saturated rings. The number of amides is 1. The highest BCUT2D eigenvalue weighted by Crippen LogP contribution is 2.28. The van der Waals surface area contributed by atoms with Crippen LogP contribution in [-0.2, 0) is 4.79 Å². The maximum absolute atomic E-state index is 11.8. The molecule has 3 nitrogen and oxygen atoms in total. The van der Waals surface area contributed by atoms with E-state index in [1.165, 1.54) is 0 Å². The molecule has 0 aromatic carbocycles. The largest absolute Gasteiger partial charge is 0.393 e. The van der Waals surface area contributed by atoms with E-state index in [0.717, 1.165) is 12.8 Å². The Morgan fingerprint density at radius 1 is 1.57 bits per heavy atom. The normalized spacial score (nSPS) is 15.6. The van der Waals surface area contributed by atoms with Gasteiger partial charge in [0.2, 0.25) is 5.91 Å². The Morgan fingerprint density at radius 3 is 2.50 bits per heavy atom. The minimum absolute atomic E-state index is 0.0712. The molecule has 1 aliphatic rings. The van der Waals surface area contributed by atoms with Gasteiger partial charge in [-0.25, -0.2) is 0 Å². The molecule has 0 heterocycles. The Labute approximate surface area is 90.6 Å². The Kier molecular flexibility index (Phi) is 3.86. The Hall–Kier alpha value is -0.640. The van der Waals surface area contributed by atoms with Crippen LogP contribution in [0.4, 0.5) is 0 Å². The topological polar surface area (TPSA) is 46.3 Å². The summed E-state index contributed by atoms with van der Waals surface area (Å²) in [6, 6.07) is 0.458. The number of hydrogen-bond acceptors (Lipinski definition) is 2. The molecular weight excluding hydrogens is 196 g/mol. The highest BCUT2D eigenvalue weighted by atomic mass is 32.1. The molecule has 4 heteroatoms. The summed E-state index contributed by atoms with van der Waals surface area (Å²) in [4.78, 5) is 14.2. The first-order valence-electron chi connectivity index (χ1n) is 5.11. The molecule has 2 N–H and O–H groups in total. The van der Waals surface area contributed by atoms with Gasteiger partial charge in [-0.15, -0.1) is 0 Å². The van der Waals surface area contributed by atoms with Crippen molar-refractivity contribution in [3.8, 4) is 0 Å². The van der Waals surface area contributed by atoms with Crippen LogP contribution in [0.5, 0.6) is 0 Å². The molecule has 0 unspecified atom stereocenters. The molecule has 80 valence electrons. The zero-order valence-corrected chi connectivity index (χ0v) is 9.64. The van der Waals surface area contributed by atoms with Gasteiger partial charge in [0.15, 0.2) is 0 Å². The summed E-state index contributed by atoms with van der Waals surface area (Å²) < 4.78 is 0. The van der Waals surface area contributed by atoms with Gasteiger partial charge in [-0.3, -0.25) is 4.79 Å². The molecule has 0 saturated heterocycles. The molecule has 0 atom stereocenters. The molecule has 0 spiro atoms. The molecule has 1 rings (SSSR count). The maximum Gasteiger partial charge on any atom is 0.225 e. The lowest BCUT2D eigenvalue weighted by Gasteiger charge is -2.24. The van der Waals surface area contributed by atoms with Crippen LogP contribution in [0.15, 0.2) is 0 Å². The highest BCUT2D eigenvalue weighted by Gasteiger charge is 2.32. The van der Waals surface area contributed by atoms with Crippen LogP contribution in [0.25, 0.3) is 0 Å². The second-order valence-corrected chi connectivity index (χ2v) is 4.66.